The van der Waals surface area contributed by atoms with Crippen LogP contribution < -0.4 is 0 Å². The fourth-order valence-electron chi connectivity index (χ4n) is 4.45. The average Bonchev–Trinajstić information content (AvgIpc) is 2.63. The third kappa shape index (κ3) is 3.70. The third-order valence-electron chi connectivity index (χ3n) is 5.08. The van der Waals surface area contributed by atoms with Gasteiger partial charge in [-0.2, -0.15) is 0 Å². The summed E-state index contributed by atoms with van der Waals surface area (Å²) in [5.74, 6) is 0. The zero-order valence-electron chi connectivity index (χ0n) is 17.1. The fraction of sp³-hybridized carbons (Fsp3) is 0.308. The summed E-state index contributed by atoms with van der Waals surface area (Å²) in [5.41, 5.74) is 2.50. The van der Waals surface area contributed by atoms with Gasteiger partial charge in [0.15, 0.2) is 0 Å². The van der Waals surface area contributed by atoms with Crippen LogP contribution >= 0.6 is 0 Å². The van der Waals surface area contributed by atoms with Crippen LogP contribution in [0.1, 0.15) is 51.3 Å². The van der Waals surface area contributed by atoms with Crippen LogP contribution in [-0.2, 0) is 10.2 Å². The Kier molecular flexibility index (Phi) is 5.26. The van der Waals surface area contributed by atoms with Gasteiger partial charge in [-0.05, 0) is 51.3 Å². The Balaban J connectivity index is 2.40. The van der Waals surface area contributed by atoms with E-state index < -0.39 is 11.0 Å². The topological polar surface area (TPSA) is 9.23 Å². The quantitative estimate of drug-likeness (QED) is 0.466. The van der Waals surface area contributed by atoms with Crippen molar-refractivity contribution < 1.29 is 4.74 Å². The Hall–Kier alpha value is -2.38. The lowest BCUT2D eigenvalue weighted by atomic mass is 9.60. The molecule has 0 fully saturated rings. The Morgan fingerprint density at radius 1 is 0.481 bits per heavy atom. The molecule has 0 aliphatic rings. The molecular weight excluding hydrogens is 328 g/mol. The van der Waals surface area contributed by atoms with Crippen LogP contribution in [0.15, 0.2) is 91.0 Å². The first kappa shape index (κ1) is 19.4. The Morgan fingerprint density at radius 3 is 1.04 bits per heavy atom. The van der Waals surface area contributed by atoms with Crippen molar-refractivity contribution in [1.29, 1.82) is 0 Å². The minimum atomic E-state index is -0.491. The van der Waals surface area contributed by atoms with Gasteiger partial charge in [-0.25, -0.2) is 0 Å². The van der Waals surface area contributed by atoms with Crippen molar-refractivity contribution in [2.45, 2.75) is 51.2 Å². The van der Waals surface area contributed by atoms with Crippen molar-refractivity contribution in [3.63, 3.8) is 0 Å². The van der Waals surface area contributed by atoms with E-state index in [4.69, 9.17) is 4.74 Å². The summed E-state index contributed by atoms with van der Waals surface area (Å²) >= 11 is 0. The first-order chi connectivity index (χ1) is 12.8. The summed E-state index contributed by atoms with van der Waals surface area (Å²) in [4.78, 5) is 0. The largest absolute Gasteiger partial charge is 0.368 e. The number of hydrogen-bond donors (Lipinski definition) is 0. The number of ether oxygens (including phenoxy) is 1. The lowest BCUT2D eigenvalue weighted by Crippen LogP contribution is -2.54. The van der Waals surface area contributed by atoms with Gasteiger partial charge in [-0.1, -0.05) is 91.0 Å². The molecule has 1 nitrogen and oxygen atoms in total. The van der Waals surface area contributed by atoms with Crippen molar-refractivity contribution in [3.8, 4) is 0 Å². The molecule has 0 heterocycles. The molecule has 0 unspecified atom stereocenters. The van der Waals surface area contributed by atoms with Gasteiger partial charge in [0.05, 0.1) is 16.6 Å². The van der Waals surface area contributed by atoms with Gasteiger partial charge in [0, 0.05) is 0 Å². The average molecular weight is 359 g/mol. The summed E-state index contributed by atoms with van der Waals surface area (Å²) in [6, 6.07) is 32.2. The number of rotatable bonds is 5. The summed E-state index contributed by atoms with van der Waals surface area (Å²) in [7, 11) is 0. The summed E-state index contributed by atoms with van der Waals surface area (Å²) in [5, 5.41) is 0. The Bertz CT molecular complexity index is 746. The Morgan fingerprint density at radius 2 is 0.778 bits per heavy atom. The highest BCUT2D eigenvalue weighted by molar-refractivity contribution is 5.53. The predicted octanol–water partition coefficient (Wildman–Crippen LogP) is 6.61. The van der Waals surface area contributed by atoms with Crippen molar-refractivity contribution in [1.82, 2.24) is 0 Å². The first-order valence-electron chi connectivity index (χ1n) is 9.64. The van der Waals surface area contributed by atoms with Crippen molar-refractivity contribution in [2.75, 3.05) is 0 Å². The van der Waals surface area contributed by atoms with Crippen LogP contribution in [0.5, 0.6) is 0 Å². The smallest absolute Gasteiger partial charge is 0.0811 e. The zero-order chi connectivity index (χ0) is 19.5. The van der Waals surface area contributed by atoms with Gasteiger partial charge in [0.25, 0.3) is 0 Å². The molecule has 3 aromatic rings. The van der Waals surface area contributed by atoms with Crippen molar-refractivity contribution >= 4 is 0 Å². The van der Waals surface area contributed by atoms with Gasteiger partial charge < -0.3 is 4.74 Å². The molecule has 0 saturated carbocycles. The van der Waals surface area contributed by atoms with E-state index >= 15 is 0 Å². The van der Waals surface area contributed by atoms with E-state index in [9.17, 15) is 0 Å². The molecule has 0 radical (unpaired) electrons. The lowest BCUT2D eigenvalue weighted by Gasteiger charge is -2.50. The van der Waals surface area contributed by atoms with Gasteiger partial charge >= 0.3 is 0 Å². The minimum absolute atomic E-state index is 0.271. The molecule has 0 aliphatic heterocycles. The van der Waals surface area contributed by atoms with Crippen LogP contribution in [0, 0.1) is 0 Å². The molecule has 0 amide bonds. The standard InChI is InChI=1S/C26H30O/c1-24(2,3)27-25(4,5)26(21-15-9-6-10-16-21,22-17-11-7-12-18-22)23-19-13-8-14-20-23/h6-20H,1-5H3. The van der Waals surface area contributed by atoms with Gasteiger partial charge in [-0.3, -0.25) is 0 Å². The summed E-state index contributed by atoms with van der Waals surface area (Å²) < 4.78 is 6.75. The summed E-state index contributed by atoms with van der Waals surface area (Å²) in [6.45, 7) is 10.8. The Labute approximate surface area is 164 Å². The molecule has 0 atom stereocenters. The molecule has 3 aromatic carbocycles. The van der Waals surface area contributed by atoms with E-state index in [0.29, 0.717) is 0 Å². The maximum Gasteiger partial charge on any atom is 0.0811 e. The zero-order valence-corrected chi connectivity index (χ0v) is 17.1. The summed E-state index contributed by atoms with van der Waals surface area (Å²) in [6.07, 6.45) is 0. The van der Waals surface area contributed by atoms with Crippen molar-refractivity contribution in [2.24, 2.45) is 0 Å². The molecular formula is C26H30O. The maximum absolute atomic E-state index is 6.75. The molecule has 0 spiro atoms. The van der Waals surface area contributed by atoms with E-state index in [0.717, 1.165) is 0 Å². The SMILES string of the molecule is CC(C)(C)OC(C)(C)C(c1ccccc1)(c1ccccc1)c1ccccc1. The van der Waals surface area contributed by atoms with E-state index in [1.54, 1.807) is 0 Å². The van der Waals surface area contributed by atoms with Gasteiger partial charge in [0.2, 0.25) is 0 Å². The van der Waals surface area contributed by atoms with Crippen molar-refractivity contribution in [3.05, 3.63) is 108 Å². The second-order valence-electron chi connectivity index (χ2n) is 8.57. The molecule has 0 bridgehead atoms. The first-order valence-corrected chi connectivity index (χ1v) is 9.64. The van der Waals surface area contributed by atoms with Crippen LogP contribution in [0.25, 0.3) is 0 Å². The molecule has 3 rings (SSSR count). The molecule has 27 heavy (non-hydrogen) atoms. The molecule has 1 heteroatoms. The molecule has 0 saturated heterocycles. The fourth-order valence-corrected chi connectivity index (χ4v) is 4.45. The van der Waals surface area contributed by atoms with E-state index in [2.05, 4.69) is 126 Å². The third-order valence-corrected chi connectivity index (χ3v) is 5.08. The van der Waals surface area contributed by atoms with Crippen LogP contribution in [0.2, 0.25) is 0 Å². The molecule has 0 aliphatic carbocycles. The van der Waals surface area contributed by atoms with E-state index in [-0.39, 0.29) is 5.60 Å². The molecule has 140 valence electrons. The van der Waals surface area contributed by atoms with Crippen LogP contribution in [0.3, 0.4) is 0 Å². The van der Waals surface area contributed by atoms with Crippen LogP contribution in [0.4, 0.5) is 0 Å². The van der Waals surface area contributed by atoms with E-state index in [1.165, 1.54) is 16.7 Å². The molecule has 0 N–H and O–H groups in total. The second-order valence-corrected chi connectivity index (χ2v) is 8.57. The molecule has 0 aromatic heterocycles. The monoisotopic (exact) mass is 358 g/mol. The van der Waals surface area contributed by atoms with E-state index in [1.807, 2.05) is 0 Å². The van der Waals surface area contributed by atoms with Gasteiger partial charge in [0.1, 0.15) is 0 Å². The normalized spacial score (nSPS) is 12.8. The van der Waals surface area contributed by atoms with Gasteiger partial charge in [-0.15, -0.1) is 0 Å². The minimum Gasteiger partial charge on any atom is -0.368 e. The lowest BCUT2D eigenvalue weighted by molar-refractivity contribution is -0.136. The highest BCUT2D eigenvalue weighted by Crippen LogP contribution is 2.50. The predicted molar refractivity (Wildman–Crippen MR) is 114 cm³/mol. The highest BCUT2D eigenvalue weighted by Gasteiger charge is 2.51. The number of benzene rings is 3. The number of hydrogen-bond acceptors (Lipinski definition) is 1. The highest BCUT2D eigenvalue weighted by atomic mass is 16.5. The maximum atomic E-state index is 6.75. The van der Waals surface area contributed by atoms with Crippen LogP contribution in [-0.4, -0.2) is 11.2 Å². The second kappa shape index (κ2) is 7.32.